The predicted octanol–water partition coefficient (Wildman–Crippen LogP) is 3.01. The van der Waals surface area contributed by atoms with Gasteiger partial charge in [-0.1, -0.05) is 6.07 Å². The van der Waals surface area contributed by atoms with E-state index in [9.17, 15) is 0 Å². The third kappa shape index (κ3) is 4.58. The Morgan fingerprint density at radius 2 is 1.83 bits per heavy atom. The highest BCUT2D eigenvalue weighted by Crippen LogP contribution is 2.15. The second-order valence-electron chi connectivity index (χ2n) is 6.14. The second kappa shape index (κ2) is 7.31. The van der Waals surface area contributed by atoms with E-state index in [-0.39, 0.29) is 0 Å². The molecular formula is C18H27N5. The number of guanidine groups is 1. The summed E-state index contributed by atoms with van der Waals surface area (Å²) >= 11 is 0. The number of aliphatic imine (C=N–C) groups is 1. The molecule has 0 unspecified atom stereocenters. The van der Waals surface area contributed by atoms with E-state index in [0.29, 0.717) is 12.5 Å². The lowest BCUT2D eigenvalue weighted by atomic mass is 10.1. The Hall–Kier alpha value is -2.30. The summed E-state index contributed by atoms with van der Waals surface area (Å²) in [7, 11) is 1.98. The minimum atomic E-state index is 0.467. The van der Waals surface area contributed by atoms with E-state index in [2.05, 4.69) is 61.3 Å². The fourth-order valence-corrected chi connectivity index (χ4v) is 2.87. The molecule has 1 aromatic carbocycles. The molecule has 0 saturated carbocycles. The lowest BCUT2D eigenvalue weighted by Gasteiger charge is -2.08. The van der Waals surface area contributed by atoms with Crippen LogP contribution in [0.4, 0.5) is 5.69 Å². The Morgan fingerprint density at radius 1 is 1.17 bits per heavy atom. The summed E-state index contributed by atoms with van der Waals surface area (Å²) in [6, 6.07) is 6.27. The zero-order valence-corrected chi connectivity index (χ0v) is 14.8. The van der Waals surface area contributed by atoms with Gasteiger partial charge in [0.05, 0.1) is 5.69 Å². The smallest absolute Gasteiger partial charge is 0.193 e. The van der Waals surface area contributed by atoms with E-state index in [1.807, 2.05) is 11.7 Å². The van der Waals surface area contributed by atoms with Gasteiger partial charge < -0.3 is 11.1 Å². The number of aromatic nitrogens is 2. The van der Waals surface area contributed by atoms with Gasteiger partial charge in [-0.05, 0) is 69.4 Å². The first-order valence-corrected chi connectivity index (χ1v) is 8.01. The van der Waals surface area contributed by atoms with E-state index in [0.717, 1.165) is 24.2 Å². The molecule has 1 heterocycles. The molecule has 0 aliphatic heterocycles. The second-order valence-corrected chi connectivity index (χ2v) is 6.14. The Bertz CT molecular complexity index is 692. The van der Waals surface area contributed by atoms with Crippen molar-refractivity contribution >= 4 is 11.6 Å². The molecule has 23 heavy (non-hydrogen) atoms. The number of anilines is 1. The lowest BCUT2D eigenvalue weighted by Crippen LogP contribution is -2.23. The van der Waals surface area contributed by atoms with Crippen molar-refractivity contribution in [2.45, 2.75) is 40.5 Å². The fraction of sp³-hybridized carbons (Fsp3) is 0.444. The molecule has 0 aliphatic rings. The van der Waals surface area contributed by atoms with Crippen molar-refractivity contribution in [2.24, 2.45) is 17.8 Å². The van der Waals surface area contributed by atoms with Gasteiger partial charge in [0.15, 0.2) is 5.96 Å². The number of hydrogen-bond donors (Lipinski definition) is 2. The first kappa shape index (κ1) is 17.1. The van der Waals surface area contributed by atoms with Gasteiger partial charge in [-0.25, -0.2) is 0 Å². The number of nitrogens with one attached hydrogen (secondary N) is 1. The first-order chi connectivity index (χ1) is 10.9. The highest BCUT2D eigenvalue weighted by Gasteiger charge is 2.08. The molecule has 0 amide bonds. The van der Waals surface area contributed by atoms with Crippen molar-refractivity contribution in [2.75, 3.05) is 11.9 Å². The van der Waals surface area contributed by atoms with Gasteiger partial charge in [-0.2, -0.15) is 5.10 Å². The van der Waals surface area contributed by atoms with Crippen molar-refractivity contribution < 1.29 is 0 Å². The van der Waals surface area contributed by atoms with Gasteiger partial charge in [-0.3, -0.25) is 9.67 Å². The fourth-order valence-electron chi connectivity index (χ4n) is 2.87. The summed E-state index contributed by atoms with van der Waals surface area (Å²) in [5.74, 6) is 0.467. The minimum Gasteiger partial charge on any atom is -0.370 e. The van der Waals surface area contributed by atoms with E-state index >= 15 is 0 Å². The number of rotatable bonds is 5. The van der Waals surface area contributed by atoms with Crippen LogP contribution in [-0.2, 0) is 13.5 Å². The molecular weight excluding hydrogens is 286 g/mol. The maximum absolute atomic E-state index is 5.97. The summed E-state index contributed by atoms with van der Waals surface area (Å²) in [6.07, 6.45) is 1.94. The van der Waals surface area contributed by atoms with Crippen molar-refractivity contribution in [1.29, 1.82) is 0 Å². The molecule has 0 radical (unpaired) electrons. The van der Waals surface area contributed by atoms with Crippen molar-refractivity contribution in [3.05, 3.63) is 46.3 Å². The maximum Gasteiger partial charge on any atom is 0.193 e. The summed E-state index contributed by atoms with van der Waals surface area (Å²) in [5.41, 5.74) is 13.0. The zero-order chi connectivity index (χ0) is 17.0. The third-order valence-electron chi connectivity index (χ3n) is 4.02. The molecule has 1 aromatic heterocycles. The largest absolute Gasteiger partial charge is 0.370 e. The zero-order valence-electron chi connectivity index (χ0n) is 14.8. The summed E-state index contributed by atoms with van der Waals surface area (Å²) in [4.78, 5) is 4.42. The van der Waals surface area contributed by atoms with Crippen LogP contribution in [0, 0.1) is 27.7 Å². The van der Waals surface area contributed by atoms with E-state index in [1.54, 1.807) is 0 Å². The van der Waals surface area contributed by atoms with Crippen LogP contribution in [0.1, 0.15) is 34.5 Å². The normalized spacial score (nSPS) is 11.8. The monoisotopic (exact) mass is 313 g/mol. The van der Waals surface area contributed by atoms with Crippen LogP contribution in [0.2, 0.25) is 0 Å². The molecule has 0 bridgehead atoms. The Kier molecular flexibility index (Phi) is 5.42. The van der Waals surface area contributed by atoms with E-state index in [4.69, 9.17) is 5.73 Å². The molecule has 0 saturated heterocycles. The maximum atomic E-state index is 5.97. The number of nitrogens with zero attached hydrogens (tertiary/aromatic N) is 3. The molecule has 124 valence electrons. The van der Waals surface area contributed by atoms with Gasteiger partial charge in [0.2, 0.25) is 0 Å². The molecule has 0 fully saturated rings. The highest BCUT2D eigenvalue weighted by atomic mass is 15.3. The molecule has 3 N–H and O–H groups in total. The van der Waals surface area contributed by atoms with Crippen LogP contribution in [0.25, 0.3) is 0 Å². The average Bonchev–Trinajstić information content (AvgIpc) is 2.68. The molecule has 0 atom stereocenters. The van der Waals surface area contributed by atoms with E-state index < -0.39 is 0 Å². The molecule has 0 aliphatic carbocycles. The highest BCUT2D eigenvalue weighted by molar-refractivity contribution is 5.92. The van der Waals surface area contributed by atoms with Crippen molar-refractivity contribution in [3.63, 3.8) is 0 Å². The van der Waals surface area contributed by atoms with E-state index in [1.165, 1.54) is 22.4 Å². The standard InChI is InChI=1S/C18H27N5/c1-12-9-13(2)11-16(10-12)21-18(19)20-8-6-7-17-14(3)22-23(5)15(17)4/h9-11H,6-8H2,1-5H3,(H3,19,20,21). The molecule has 5 heteroatoms. The lowest BCUT2D eigenvalue weighted by molar-refractivity contribution is 0.728. The van der Waals surface area contributed by atoms with Gasteiger partial charge >= 0.3 is 0 Å². The number of hydrogen-bond acceptors (Lipinski definition) is 2. The van der Waals surface area contributed by atoms with Gasteiger partial charge in [0, 0.05) is 25.0 Å². The van der Waals surface area contributed by atoms with Crippen LogP contribution >= 0.6 is 0 Å². The number of nitrogens with two attached hydrogens (primary N) is 1. The molecule has 2 rings (SSSR count). The van der Waals surface area contributed by atoms with Crippen LogP contribution < -0.4 is 11.1 Å². The topological polar surface area (TPSA) is 68.2 Å². The Balaban J connectivity index is 1.87. The van der Waals surface area contributed by atoms with Gasteiger partial charge in [-0.15, -0.1) is 0 Å². The predicted molar refractivity (Wildman–Crippen MR) is 97.0 cm³/mol. The molecule has 0 spiro atoms. The molecule has 5 nitrogen and oxygen atoms in total. The van der Waals surface area contributed by atoms with Crippen LogP contribution in [-0.4, -0.2) is 22.3 Å². The van der Waals surface area contributed by atoms with Crippen LogP contribution in [0.15, 0.2) is 23.2 Å². The molecule has 2 aromatic rings. The summed E-state index contributed by atoms with van der Waals surface area (Å²) < 4.78 is 1.93. The van der Waals surface area contributed by atoms with Gasteiger partial charge in [0.1, 0.15) is 0 Å². The number of benzene rings is 1. The van der Waals surface area contributed by atoms with Crippen molar-refractivity contribution in [3.8, 4) is 0 Å². The van der Waals surface area contributed by atoms with Gasteiger partial charge in [0.25, 0.3) is 0 Å². The van der Waals surface area contributed by atoms with Crippen molar-refractivity contribution in [1.82, 2.24) is 9.78 Å². The van der Waals surface area contributed by atoms with Crippen LogP contribution in [0.3, 0.4) is 0 Å². The number of aryl methyl sites for hydroxylation is 4. The SMILES string of the molecule is Cc1cc(C)cc(NC(N)=NCCCc2c(C)nn(C)c2C)c1. The Morgan fingerprint density at radius 3 is 2.39 bits per heavy atom. The van der Waals surface area contributed by atoms with Crippen LogP contribution in [0.5, 0.6) is 0 Å². The third-order valence-corrected chi connectivity index (χ3v) is 4.02. The average molecular weight is 313 g/mol. The quantitative estimate of drug-likeness (QED) is 0.506. The minimum absolute atomic E-state index is 0.467. The Labute approximate surface area is 138 Å². The first-order valence-electron chi connectivity index (χ1n) is 8.01. The summed E-state index contributed by atoms with van der Waals surface area (Å²) in [5, 5.41) is 7.60. The summed E-state index contributed by atoms with van der Waals surface area (Å²) in [6.45, 7) is 9.02.